The maximum atomic E-state index is 12.5. The standard InChI is InChI=1S/C21H24N2O4S/c1-14-6-3-7-15(2)23(14)19(24)13-27-21(26)16-8-4-9-17(12-16)22-20(25)18-10-5-11-28-18/h4-5,8-12,14-15H,3,6-7,13H2,1-2H3,(H,22,25). The molecule has 7 heteroatoms. The fourth-order valence-electron chi connectivity index (χ4n) is 3.52. The molecule has 0 aliphatic carbocycles. The fourth-order valence-corrected chi connectivity index (χ4v) is 4.14. The third kappa shape index (κ3) is 4.78. The molecule has 2 heterocycles. The molecule has 0 bridgehead atoms. The number of piperidine rings is 1. The van der Waals surface area contributed by atoms with E-state index in [1.54, 1.807) is 36.4 Å². The first-order chi connectivity index (χ1) is 13.5. The van der Waals surface area contributed by atoms with Crippen molar-refractivity contribution < 1.29 is 19.1 Å². The Bertz CT molecular complexity index is 840. The summed E-state index contributed by atoms with van der Waals surface area (Å²) >= 11 is 1.34. The van der Waals surface area contributed by atoms with Crippen LogP contribution in [0.2, 0.25) is 0 Å². The van der Waals surface area contributed by atoms with E-state index in [0.29, 0.717) is 10.6 Å². The van der Waals surface area contributed by atoms with Gasteiger partial charge in [0, 0.05) is 17.8 Å². The van der Waals surface area contributed by atoms with Crippen LogP contribution in [0.3, 0.4) is 0 Å². The second kappa shape index (κ2) is 9.01. The second-order valence-electron chi connectivity index (χ2n) is 7.02. The number of esters is 1. The molecule has 0 spiro atoms. The average molecular weight is 401 g/mol. The first kappa shape index (κ1) is 20.1. The zero-order valence-corrected chi connectivity index (χ0v) is 16.8. The molecule has 1 fully saturated rings. The van der Waals surface area contributed by atoms with Gasteiger partial charge in [0.25, 0.3) is 11.8 Å². The summed E-state index contributed by atoms with van der Waals surface area (Å²) in [7, 11) is 0. The van der Waals surface area contributed by atoms with E-state index in [-0.39, 0.29) is 36.1 Å². The van der Waals surface area contributed by atoms with Crippen LogP contribution in [0, 0.1) is 0 Å². The van der Waals surface area contributed by atoms with Gasteiger partial charge in [-0.1, -0.05) is 12.1 Å². The van der Waals surface area contributed by atoms with Gasteiger partial charge in [0.2, 0.25) is 0 Å². The van der Waals surface area contributed by atoms with E-state index >= 15 is 0 Å². The summed E-state index contributed by atoms with van der Waals surface area (Å²) in [5.41, 5.74) is 0.786. The third-order valence-electron chi connectivity index (χ3n) is 4.91. The largest absolute Gasteiger partial charge is 0.452 e. The molecule has 2 aromatic rings. The smallest absolute Gasteiger partial charge is 0.338 e. The van der Waals surface area contributed by atoms with Crippen molar-refractivity contribution in [2.75, 3.05) is 11.9 Å². The minimum Gasteiger partial charge on any atom is -0.452 e. The zero-order chi connectivity index (χ0) is 20.1. The molecule has 28 heavy (non-hydrogen) atoms. The maximum absolute atomic E-state index is 12.5. The van der Waals surface area contributed by atoms with E-state index in [4.69, 9.17) is 4.74 Å². The molecule has 1 aromatic heterocycles. The molecule has 1 aromatic carbocycles. The summed E-state index contributed by atoms with van der Waals surface area (Å²) in [5, 5.41) is 4.58. The van der Waals surface area contributed by atoms with Gasteiger partial charge in [0.05, 0.1) is 10.4 Å². The number of anilines is 1. The van der Waals surface area contributed by atoms with Crippen LogP contribution in [0.4, 0.5) is 5.69 Å². The summed E-state index contributed by atoms with van der Waals surface area (Å²) in [4.78, 5) is 39.4. The van der Waals surface area contributed by atoms with E-state index in [1.807, 2.05) is 24.1 Å². The fraction of sp³-hybridized carbons (Fsp3) is 0.381. The first-order valence-corrected chi connectivity index (χ1v) is 10.3. The SMILES string of the molecule is CC1CCCC(C)N1C(=O)COC(=O)c1cccc(NC(=O)c2cccs2)c1. The van der Waals surface area contributed by atoms with Gasteiger partial charge in [-0.05, 0) is 62.8 Å². The van der Waals surface area contributed by atoms with Crippen LogP contribution in [-0.2, 0) is 9.53 Å². The predicted molar refractivity (Wildman–Crippen MR) is 109 cm³/mol. The Morgan fingerprint density at radius 2 is 1.89 bits per heavy atom. The number of nitrogens with one attached hydrogen (secondary N) is 1. The topological polar surface area (TPSA) is 75.7 Å². The number of rotatable bonds is 5. The number of benzene rings is 1. The van der Waals surface area contributed by atoms with E-state index in [2.05, 4.69) is 5.32 Å². The van der Waals surface area contributed by atoms with Gasteiger partial charge in [0.1, 0.15) is 0 Å². The van der Waals surface area contributed by atoms with E-state index in [0.717, 1.165) is 19.3 Å². The zero-order valence-electron chi connectivity index (χ0n) is 16.0. The molecule has 2 atom stereocenters. The van der Waals surface area contributed by atoms with Gasteiger partial charge in [-0.25, -0.2) is 4.79 Å². The molecule has 148 valence electrons. The monoisotopic (exact) mass is 400 g/mol. The number of carbonyl (C=O) groups is 3. The first-order valence-electron chi connectivity index (χ1n) is 9.39. The van der Waals surface area contributed by atoms with E-state index in [9.17, 15) is 14.4 Å². The highest BCUT2D eigenvalue weighted by molar-refractivity contribution is 7.12. The van der Waals surface area contributed by atoms with Crippen molar-refractivity contribution in [1.29, 1.82) is 0 Å². The number of likely N-dealkylation sites (tertiary alicyclic amines) is 1. The normalized spacial score (nSPS) is 19.1. The molecule has 1 N–H and O–H groups in total. The summed E-state index contributed by atoms with van der Waals surface area (Å²) in [6.07, 6.45) is 3.04. The Hall–Kier alpha value is -2.67. The van der Waals surface area contributed by atoms with Crippen molar-refractivity contribution in [2.45, 2.75) is 45.2 Å². The van der Waals surface area contributed by atoms with E-state index in [1.165, 1.54) is 11.3 Å². The molecular weight excluding hydrogens is 376 g/mol. The lowest BCUT2D eigenvalue weighted by atomic mass is 9.97. The van der Waals surface area contributed by atoms with Crippen molar-refractivity contribution in [3.05, 3.63) is 52.2 Å². The van der Waals surface area contributed by atoms with Crippen molar-refractivity contribution in [3.63, 3.8) is 0 Å². The lowest BCUT2D eigenvalue weighted by Crippen LogP contribution is -2.49. The summed E-state index contributed by atoms with van der Waals surface area (Å²) < 4.78 is 5.23. The molecule has 2 unspecified atom stereocenters. The molecule has 0 radical (unpaired) electrons. The Labute approximate surface area is 168 Å². The molecule has 3 rings (SSSR count). The van der Waals surface area contributed by atoms with Gasteiger partial charge in [-0.2, -0.15) is 0 Å². The summed E-state index contributed by atoms with van der Waals surface area (Å²) in [6.45, 7) is 3.77. The number of amides is 2. The second-order valence-corrected chi connectivity index (χ2v) is 7.97. The van der Waals surface area contributed by atoms with Crippen LogP contribution in [-0.4, -0.2) is 41.4 Å². The van der Waals surface area contributed by atoms with Gasteiger partial charge < -0.3 is 15.0 Å². The quantitative estimate of drug-likeness (QED) is 0.771. The number of carbonyl (C=O) groups excluding carboxylic acids is 3. The maximum Gasteiger partial charge on any atom is 0.338 e. The van der Waals surface area contributed by atoms with E-state index < -0.39 is 5.97 Å². The highest BCUT2D eigenvalue weighted by Crippen LogP contribution is 2.22. The predicted octanol–water partition coefficient (Wildman–Crippen LogP) is 3.95. The van der Waals surface area contributed by atoms with Crippen LogP contribution >= 0.6 is 11.3 Å². The number of ether oxygens (including phenoxy) is 1. The van der Waals surface area contributed by atoms with Crippen molar-refractivity contribution >= 4 is 34.8 Å². The number of hydrogen-bond donors (Lipinski definition) is 1. The van der Waals surface area contributed by atoms with Gasteiger partial charge >= 0.3 is 5.97 Å². The van der Waals surface area contributed by atoms with Gasteiger partial charge in [-0.15, -0.1) is 11.3 Å². The molecule has 6 nitrogen and oxygen atoms in total. The number of nitrogens with zero attached hydrogens (tertiary/aromatic N) is 1. The number of thiophene rings is 1. The minimum absolute atomic E-state index is 0.158. The molecular formula is C21H24N2O4S. The summed E-state index contributed by atoms with van der Waals surface area (Å²) in [6, 6.07) is 10.4. The van der Waals surface area contributed by atoms with Crippen LogP contribution in [0.5, 0.6) is 0 Å². The van der Waals surface area contributed by atoms with Crippen molar-refractivity contribution in [1.82, 2.24) is 4.90 Å². The van der Waals surface area contributed by atoms with Gasteiger partial charge in [-0.3, -0.25) is 9.59 Å². The molecule has 1 saturated heterocycles. The summed E-state index contributed by atoms with van der Waals surface area (Å²) in [5.74, 6) is -0.989. The van der Waals surface area contributed by atoms with Crippen LogP contribution in [0.25, 0.3) is 0 Å². The third-order valence-corrected chi connectivity index (χ3v) is 5.78. The van der Waals surface area contributed by atoms with Crippen molar-refractivity contribution in [2.24, 2.45) is 0 Å². The molecule has 1 aliphatic heterocycles. The minimum atomic E-state index is -0.585. The molecule has 0 saturated carbocycles. The van der Waals surface area contributed by atoms with Crippen LogP contribution in [0.15, 0.2) is 41.8 Å². The molecule has 2 amide bonds. The highest BCUT2D eigenvalue weighted by atomic mass is 32.1. The Morgan fingerprint density at radius 1 is 1.14 bits per heavy atom. The Balaban J connectivity index is 1.58. The number of hydrogen-bond acceptors (Lipinski definition) is 5. The lowest BCUT2D eigenvalue weighted by molar-refractivity contribution is -0.140. The Morgan fingerprint density at radius 3 is 2.57 bits per heavy atom. The van der Waals surface area contributed by atoms with Crippen LogP contribution < -0.4 is 5.32 Å². The molecule has 1 aliphatic rings. The average Bonchev–Trinajstić information content (AvgIpc) is 3.21. The van der Waals surface area contributed by atoms with Crippen molar-refractivity contribution in [3.8, 4) is 0 Å². The van der Waals surface area contributed by atoms with Gasteiger partial charge in [0.15, 0.2) is 6.61 Å². The van der Waals surface area contributed by atoms with Crippen LogP contribution in [0.1, 0.15) is 53.1 Å². The Kier molecular flexibility index (Phi) is 6.46. The highest BCUT2D eigenvalue weighted by Gasteiger charge is 2.29. The lowest BCUT2D eigenvalue weighted by Gasteiger charge is -2.38.